The molecular weight excluding hydrogens is 310 g/mol. The molecule has 2 N–H and O–H groups in total. The molecule has 1 aliphatic heterocycles. The van der Waals surface area contributed by atoms with Crippen LogP contribution in [0, 0.1) is 13.8 Å². The molecule has 4 heteroatoms. The summed E-state index contributed by atoms with van der Waals surface area (Å²) in [5.74, 6) is 0.117. The first kappa shape index (κ1) is 17.5. The molecule has 0 spiro atoms. The van der Waals surface area contributed by atoms with E-state index in [0.717, 1.165) is 44.0 Å². The maximum Gasteiger partial charge on any atom is 0.230 e. The Hall–Kier alpha value is -2.33. The fraction of sp³-hybridized carbons (Fsp3) is 0.381. The standard InChI is InChI=1S/C21H27N3O/c1-17-8-9-18(2)20(16-17)22-21(25)10-11-23-12-14-24(15-13-23)19-6-4-3-5-7-19/h3-9,16H,10-15H2,1-2H3,(H,22,25)/p+1. The number of nitrogens with zero attached hydrogens (tertiary/aromatic N) is 1. The first-order valence-corrected chi connectivity index (χ1v) is 9.12. The van der Waals surface area contributed by atoms with Gasteiger partial charge in [-0.25, -0.2) is 0 Å². The van der Waals surface area contributed by atoms with Crippen LogP contribution in [0.15, 0.2) is 48.5 Å². The number of anilines is 2. The lowest BCUT2D eigenvalue weighted by atomic mass is 10.1. The molecule has 0 aromatic heterocycles. The summed E-state index contributed by atoms with van der Waals surface area (Å²) >= 11 is 0. The molecule has 1 heterocycles. The lowest BCUT2D eigenvalue weighted by molar-refractivity contribution is -0.900. The number of rotatable bonds is 5. The summed E-state index contributed by atoms with van der Waals surface area (Å²) < 4.78 is 0. The Kier molecular flexibility index (Phi) is 5.71. The van der Waals surface area contributed by atoms with E-state index >= 15 is 0 Å². The molecule has 0 bridgehead atoms. The largest absolute Gasteiger partial charge is 0.360 e. The Labute approximate surface area is 150 Å². The minimum Gasteiger partial charge on any atom is -0.360 e. The van der Waals surface area contributed by atoms with E-state index in [2.05, 4.69) is 52.7 Å². The van der Waals surface area contributed by atoms with Gasteiger partial charge in [0.1, 0.15) is 0 Å². The number of amides is 1. The smallest absolute Gasteiger partial charge is 0.230 e. The molecule has 132 valence electrons. The molecule has 1 aliphatic rings. The zero-order valence-electron chi connectivity index (χ0n) is 15.2. The molecule has 4 nitrogen and oxygen atoms in total. The van der Waals surface area contributed by atoms with Gasteiger partial charge in [-0.15, -0.1) is 0 Å². The number of piperazine rings is 1. The highest BCUT2D eigenvalue weighted by atomic mass is 16.1. The monoisotopic (exact) mass is 338 g/mol. The van der Waals surface area contributed by atoms with E-state index in [-0.39, 0.29) is 5.91 Å². The van der Waals surface area contributed by atoms with Gasteiger partial charge >= 0.3 is 0 Å². The lowest BCUT2D eigenvalue weighted by Gasteiger charge is -2.33. The predicted octanol–water partition coefficient (Wildman–Crippen LogP) is 2.04. The van der Waals surface area contributed by atoms with Crippen LogP contribution >= 0.6 is 0 Å². The second-order valence-electron chi connectivity index (χ2n) is 6.94. The van der Waals surface area contributed by atoms with Crippen LogP contribution in [0.3, 0.4) is 0 Å². The zero-order valence-corrected chi connectivity index (χ0v) is 15.2. The third kappa shape index (κ3) is 4.83. The highest BCUT2D eigenvalue weighted by Gasteiger charge is 2.20. The number of benzene rings is 2. The van der Waals surface area contributed by atoms with Crippen LogP contribution in [0.1, 0.15) is 17.5 Å². The van der Waals surface area contributed by atoms with Gasteiger partial charge in [0.15, 0.2) is 0 Å². The molecule has 1 amide bonds. The van der Waals surface area contributed by atoms with E-state index < -0.39 is 0 Å². The van der Waals surface area contributed by atoms with Crippen LogP contribution < -0.4 is 15.1 Å². The van der Waals surface area contributed by atoms with Crippen molar-refractivity contribution in [2.45, 2.75) is 20.3 Å². The summed E-state index contributed by atoms with van der Waals surface area (Å²) in [6.07, 6.45) is 0.577. The van der Waals surface area contributed by atoms with E-state index in [1.807, 2.05) is 19.9 Å². The Morgan fingerprint density at radius 2 is 1.80 bits per heavy atom. The Morgan fingerprint density at radius 1 is 1.08 bits per heavy atom. The normalized spacial score (nSPS) is 15.2. The Balaban J connectivity index is 1.44. The molecule has 0 unspecified atom stereocenters. The highest BCUT2D eigenvalue weighted by molar-refractivity contribution is 5.91. The van der Waals surface area contributed by atoms with Gasteiger partial charge in [-0.3, -0.25) is 4.79 Å². The maximum absolute atomic E-state index is 12.3. The van der Waals surface area contributed by atoms with Crippen LogP contribution in [0.25, 0.3) is 0 Å². The lowest BCUT2D eigenvalue weighted by Crippen LogP contribution is -3.15. The Bertz CT molecular complexity index is 706. The van der Waals surface area contributed by atoms with E-state index in [1.54, 1.807) is 0 Å². The van der Waals surface area contributed by atoms with Gasteiger partial charge in [-0.1, -0.05) is 30.3 Å². The number of quaternary nitrogens is 1. The van der Waals surface area contributed by atoms with Crippen LogP contribution in [0.2, 0.25) is 0 Å². The first-order valence-electron chi connectivity index (χ1n) is 9.12. The van der Waals surface area contributed by atoms with Gasteiger partial charge < -0.3 is 15.1 Å². The van der Waals surface area contributed by atoms with Crippen molar-refractivity contribution in [2.75, 3.05) is 42.9 Å². The maximum atomic E-state index is 12.3. The van der Waals surface area contributed by atoms with Crippen molar-refractivity contribution in [3.8, 4) is 0 Å². The minimum absolute atomic E-state index is 0.117. The third-order valence-corrected chi connectivity index (χ3v) is 4.96. The second kappa shape index (κ2) is 8.17. The molecule has 1 fully saturated rings. The van der Waals surface area contributed by atoms with Crippen molar-refractivity contribution in [3.63, 3.8) is 0 Å². The van der Waals surface area contributed by atoms with Crippen LogP contribution in [0.5, 0.6) is 0 Å². The Morgan fingerprint density at radius 3 is 2.52 bits per heavy atom. The summed E-state index contributed by atoms with van der Waals surface area (Å²) in [7, 11) is 0. The topological polar surface area (TPSA) is 36.8 Å². The molecule has 0 atom stereocenters. The molecule has 0 aliphatic carbocycles. The number of carbonyl (C=O) groups excluding carboxylic acids is 1. The number of para-hydroxylation sites is 1. The van der Waals surface area contributed by atoms with Gasteiger partial charge in [0.25, 0.3) is 0 Å². The zero-order chi connectivity index (χ0) is 17.6. The van der Waals surface area contributed by atoms with Crippen molar-refractivity contribution in [2.24, 2.45) is 0 Å². The van der Waals surface area contributed by atoms with Gasteiger partial charge in [-0.05, 0) is 43.2 Å². The van der Waals surface area contributed by atoms with Crippen LogP contribution in [-0.4, -0.2) is 38.6 Å². The van der Waals surface area contributed by atoms with Crippen LogP contribution in [0.4, 0.5) is 11.4 Å². The molecule has 3 rings (SSSR count). The number of nitrogens with one attached hydrogen (secondary N) is 2. The predicted molar refractivity (Wildman–Crippen MR) is 103 cm³/mol. The van der Waals surface area contributed by atoms with E-state index in [0.29, 0.717) is 6.42 Å². The molecule has 2 aromatic rings. The first-order chi connectivity index (χ1) is 12.1. The van der Waals surface area contributed by atoms with Gasteiger partial charge in [0, 0.05) is 11.4 Å². The summed E-state index contributed by atoms with van der Waals surface area (Å²) in [6, 6.07) is 16.7. The van der Waals surface area contributed by atoms with Gasteiger partial charge in [-0.2, -0.15) is 0 Å². The summed E-state index contributed by atoms with van der Waals surface area (Å²) in [5.41, 5.74) is 4.52. The van der Waals surface area contributed by atoms with Crippen molar-refractivity contribution in [3.05, 3.63) is 59.7 Å². The summed E-state index contributed by atoms with van der Waals surface area (Å²) in [4.78, 5) is 16.2. The molecule has 1 saturated heterocycles. The average molecular weight is 338 g/mol. The van der Waals surface area contributed by atoms with E-state index in [1.165, 1.54) is 16.2 Å². The number of carbonyl (C=O) groups is 1. The van der Waals surface area contributed by atoms with E-state index in [9.17, 15) is 4.79 Å². The molecule has 0 saturated carbocycles. The SMILES string of the molecule is Cc1ccc(C)c(NC(=O)CC[NH+]2CCN(c3ccccc3)CC2)c1. The molecule has 2 aromatic carbocycles. The van der Waals surface area contributed by atoms with E-state index in [4.69, 9.17) is 0 Å². The highest BCUT2D eigenvalue weighted by Crippen LogP contribution is 2.16. The fourth-order valence-electron chi connectivity index (χ4n) is 3.34. The van der Waals surface area contributed by atoms with Crippen molar-refractivity contribution in [1.29, 1.82) is 0 Å². The summed E-state index contributed by atoms with van der Waals surface area (Å²) in [6.45, 7) is 9.26. The quantitative estimate of drug-likeness (QED) is 0.875. The number of hydrogen-bond acceptors (Lipinski definition) is 2. The van der Waals surface area contributed by atoms with Gasteiger partial charge in [0.2, 0.25) is 5.91 Å². The van der Waals surface area contributed by atoms with Gasteiger partial charge in [0.05, 0.1) is 39.1 Å². The van der Waals surface area contributed by atoms with Crippen molar-refractivity contribution in [1.82, 2.24) is 0 Å². The average Bonchev–Trinajstić information content (AvgIpc) is 2.64. The number of hydrogen-bond donors (Lipinski definition) is 2. The molecule has 0 radical (unpaired) electrons. The minimum atomic E-state index is 0.117. The molecular formula is C21H28N3O+. The van der Waals surface area contributed by atoms with Crippen molar-refractivity contribution < 1.29 is 9.69 Å². The second-order valence-corrected chi connectivity index (χ2v) is 6.94. The molecule has 25 heavy (non-hydrogen) atoms. The summed E-state index contributed by atoms with van der Waals surface area (Å²) in [5, 5.41) is 3.06. The third-order valence-electron chi connectivity index (χ3n) is 4.96. The van der Waals surface area contributed by atoms with Crippen LogP contribution in [-0.2, 0) is 4.79 Å². The van der Waals surface area contributed by atoms with Crippen molar-refractivity contribution >= 4 is 17.3 Å². The fourth-order valence-corrected chi connectivity index (χ4v) is 3.34. The number of aryl methyl sites for hydroxylation is 2.